The van der Waals surface area contributed by atoms with Gasteiger partial charge in [-0.1, -0.05) is 6.92 Å². The molecule has 138 valence electrons. The van der Waals surface area contributed by atoms with Gasteiger partial charge in [0.15, 0.2) is 0 Å². The lowest BCUT2D eigenvalue weighted by atomic mass is 9.83. The normalized spacial score (nSPS) is 21.3. The summed E-state index contributed by atoms with van der Waals surface area (Å²) in [6.07, 6.45) is 1.19. The molecule has 0 aromatic heterocycles. The van der Waals surface area contributed by atoms with Crippen LogP contribution in [0.3, 0.4) is 0 Å². The number of amides is 2. The Bertz CT molecular complexity index is 446. The van der Waals surface area contributed by atoms with Crippen molar-refractivity contribution in [3.05, 3.63) is 0 Å². The van der Waals surface area contributed by atoms with E-state index in [4.69, 9.17) is 14.2 Å². The van der Waals surface area contributed by atoms with Crippen molar-refractivity contribution in [2.75, 3.05) is 46.0 Å². The van der Waals surface area contributed by atoms with E-state index in [0.29, 0.717) is 32.8 Å². The number of rotatable bonds is 2. The standard InChI is InChI=1S/C17H30N2O5/c1-16(2,3)24-15(21)19-9-7-18(8-10-19)14(20)23-13-17(4)5-11-22-12-6-17/h5-13H2,1-4H3. The van der Waals surface area contributed by atoms with Crippen molar-refractivity contribution in [1.29, 1.82) is 0 Å². The molecule has 0 aliphatic carbocycles. The lowest BCUT2D eigenvalue weighted by molar-refractivity contribution is -0.0209. The van der Waals surface area contributed by atoms with E-state index in [0.717, 1.165) is 26.1 Å². The summed E-state index contributed by atoms with van der Waals surface area (Å²) in [5.74, 6) is 0. The SMILES string of the molecule is CC1(COC(=O)N2CCN(C(=O)OC(C)(C)C)CC2)CCOCC1. The van der Waals surface area contributed by atoms with E-state index in [1.54, 1.807) is 9.80 Å². The quantitative estimate of drug-likeness (QED) is 0.771. The summed E-state index contributed by atoms with van der Waals surface area (Å²) in [6.45, 7) is 11.4. The van der Waals surface area contributed by atoms with Gasteiger partial charge in [-0.3, -0.25) is 0 Å². The molecule has 0 aromatic carbocycles. The summed E-state index contributed by atoms with van der Waals surface area (Å²) >= 11 is 0. The van der Waals surface area contributed by atoms with E-state index in [1.165, 1.54) is 0 Å². The molecule has 7 nitrogen and oxygen atoms in total. The molecular weight excluding hydrogens is 312 g/mol. The van der Waals surface area contributed by atoms with Crippen molar-refractivity contribution in [2.45, 2.75) is 46.1 Å². The molecule has 0 aromatic rings. The Hall–Kier alpha value is -1.50. The van der Waals surface area contributed by atoms with Crippen LogP contribution in [0.2, 0.25) is 0 Å². The molecule has 0 spiro atoms. The smallest absolute Gasteiger partial charge is 0.410 e. The van der Waals surface area contributed by atoms with Crippen LogP contribution in [-0.2, 0) is 14.2 Å². The third kappa shape index (κ3) is 5.54. The van der Waals surface area contributed by atoms with Crippen LogP contribution in [0.15, 0.2) is 0 Å². The molecule has 7 heteroatoms. The molecule has 0 saturated carbocycles. The molecule has 0 radical (unpaired) electrons. The van der Waals surface area contributed by atoms with Gasteiger partial charge in [0.05, 0.1) is 6.61 Å². The Labute approximate surface area is 144 Å². The molecule has 0 N–H and O–H groups in total. The van der Waals surface area contributed by atoms with Crippen molar-refractivity contribution in [1.82, 2.24) is 9.80 Å². The summed E-state index contributed by atoms with van der Waals surface area (Å²) in [4.78, 5) is 27.5. The summed E-state index contributed by atoms with van der Waals surface area (Å²) in [6, 6.07) is 0. The van der Waals surface area contributed by atoms with Crippen LogP contribution in [0.1, 0.15) is 40.5 Å². The van der Waals surface area contributed by atoms with Gasteiger partial charge in [0.25, 0.3) is 0 Å². The molecule has 2 heterocycles. The summed E-state index contributed by atoms with van der Waals surface area (Å²) in [5, 5.41) is 0. The number of carbonyl (C=O) groups excluding carboxylic acids is 2. The molecule has 2 rings (SSSR count). The van der Waals surface area contributed by atoms with E-state index < -0.39 is 5.60 Å². The third-order valence-electron chi connectivity index (χ3n) is 4.43. The number of hydrogen-bond donors (Lipinski definition) is 0. The summed E-state index contributed by atoms with van der Waals surface area (Å²) in [7, 11) is 0. The maximum Gasteiger partial charge on any atom is 0.410 e. The highest BCUT2D eigenvalue weighted by Gasteiger charge is 2.32. The Balaban J connectivity index is 1.73. The molecular formula is C17H30N2O5. The Kier molecular flexibility index (Phi) is 5.96. The topological polar surface area (TPSA) is 68.3 Å². The first kappa shape index (κ1) is 18.8. The van der Waals surface area contributed by atoms with Crippen LogP contribution >= 0.6 is 0 Å². The zero-order chi connectivity index (χ0) is 17.8. The zero-order valence-corrected chi connectivity index (χ0v) is 15.3. The van der Waals surface area contributed by atoms with Gasteiger partial charge in [-0.2, -0.15) is 0 Å². The Morgan fingerprint density at radius 2 is 1.50 bits per heavy atom. The molecule has 2 aliphatic rings. The van der Waals surface area contributed by atoms with E-state index in [-0.39, 0.29) is 17.6 Å². The van der Waals surface area contributed by atoms with Crippen LogP contribution in [-0.4, -0.2) is 73.6 Å². The van der Waals surface area contributed by atoms with Gasteiger partial charge in [0.1, 0.15) is 5.60 Å². The van der Waals surface area contributed by atoms with Gasteiger partial charge >= 0.3 is 12.2 Å². The van der Waals surface area contributed by atoms with Crippen molar-refractivity contribution in [3.63, 3.8) is 0 Å². The number of piperazine rings is 1. The maximum absolute atomic E-state index is 12.2. The van der Waals surface area contributed by atoms with E-state index in [9.17, 15) is 9.59 Å². The maximum atomic E-state index is 12.2. The van der Waals surface area contributed by atoms with Crippen LogP contribution in [0.25, 0.3) is 0 Å². The molecule has 2 aliphatic heterocycles. The highest BCUT2D eigenvalue weighted by molar-refractivity contribution is 5.70. The zero-order valence-electron chi connectivity index (χ0n) is 15.3. The highest BCUT2D eigenvalue weighted by atomic mass is 16.6. The molecule has 24 heavy (non-hydrogen) atoms. The molecule has 0 bridgehead atoms. The van der Waals surface area contributed by atoms with Crippen LogP contribution < -0.4 is 0 Å². The lowest BCUT2D eigenvalue weighted by Gasteiger charge is -2.36. The van der Waals surface area contributed by atoms with Crippen molar-refractivity contribution in [2.24, 2.45) is 5.41 Å². The molecule has 2 saturated heterocycles. The Morgan fingerprint density at radius 3 is 2.00 bits per heavy atom. The lowest BCUT2D eigenvalue weighted by Crippen LogP contribution is -2.52. The van der Waals surface area contributed by atoms with Crippen LogP contribution in [0.4, 0.5) is 9.59 Å². The largest absolute Gasteiger partial charge is 0.449 e. The number of nitrogens with zero attached hydrogens (tertiary/aromatic N) is 2. The van der Waals surface area contributed by atoms with Crippen LogP contribution in [0.5, 0.6) is 0 Å². The van der Waals surface area contributed by atoms with Crippen LogP contribution in [0, 0.1) is 5.41 Å². The van der Waals surface area contributed by atoms with E-state index in [1.807, 2.05) is 20.8 Å². The second-order valence-electron chi connectivity index (χ2n) is 7.93. The van der Waals surface area contributed by atoms with Crippen molar-refractivity contribution >= 4 is 12.2 Å². The first-order valence-electron chi connectivity index (χ1n) is 8.66. The summed E-state index contributed by atoms with van der Waals surface area (Å²) < 4.78 is 16.2. The fraction of sp³-hybridized carbons (Fsp3) is 0.882. The highest BCUT2D eigenvalue weighted by Crippen LogP contribution is 2.30. The Morgan fingerprint density at radius 1 is 1.00 bits per heavy atom. The number of hydrogen-bond acceptors (Lipinski definition) is 5. The van der Waals surface area contributed by atoms with Gasteiger partial charge in [-0.05, 0) is 33.6 Å². The van der Waals surface area contributed by atoms with Gasteiger partial charge in [-0.25, -0.2) is 9.59 Å². The average Bonchev–Trinajstić information content (AvgIpc) is 2.52. The van der Waals surface area contributed by atoms with Crippen molar-refractivity contribution in [3.8, 4) is 0 Å². The predicted molar refractivity (Wildman–Crippen MR) is 88.9 cm³/mol. The predicted octanol–water partition coefficient (Wildman–Crippen LogP) is 2.49. The third-order valence-corrected chi connectivity index (χ3v) is 4.43. The van der Waals surface area contributed by atoms with Gasteiger partial charge in [-0.15, -0.1) is 0 Å². The first-order valence-corrected chi connectivity index (χ1v) is 8.66. The fourth-order valence-electron chi connectivity index (χ4n) is 2.73. The minimum Gasteiger partial charge on any atom is -0.449 e. The summed E-state index contributed by atoms with van der Waals surface area (Å²) in [5.41, 5.74) is -0.501. The van der Waals surface area contributed by atoms with E-state index >= 15 is 0 Å². The molecule has 2 amide bonds. The monoisotopic (exact) mass is 342 g/mol. The molecule has 0 unspecified atom stereocenters. The minimum absolute atomic E-state index is 0.00620. The second-order valence-corrected chi connectivity index (χ2v) is 7.93. The molecule has 0 atom stereocenters. The number of ether oxygens (including phenoxy) is 3. The first-order chi connectivity index (χ1) is 11.2. The van der Waals surface area contributed by atoms with Gasteiger partial charge in [0, 0.05) is 44.8 Å². The van der Waals surface area contributed by atoms with Gasteiger partial charge < -0.3 is 24.0 Å². The number of carbonyl (C=O) groups is 2. The van der Waals surface area contributed by atoms with Crippen molar-refractivity contribution < 1.29 is 23.8 Å². The molecule has 2 fully saturated rings. The second kappa shape index (κ2) is 7.59. The minimum atomic E-state index is -0.508. The fourth-order valence-corrected chi connectivity index (χ4v) is 2.73. The van der Waals surface area contributed by atoms with Gasteiger partial charge in [0.2, 0.25) is 0 Å². The average molecular weight is 342 g/mol. The van der Waals surface area contributed by atoms with E-state index in [2.05, 4.69) is 6.92 Å².